The normalized spacial score (nSPS) is 11.8. The van der Waals surface area contributed by atoms with E-state index in [1.807, 2.05) is 36.4 Å². The first kappa shape index (κ1) is 16.7. The number of hydrogen-bond acceptors (Lipinski definition) is 2. The summed E-state index contributed by atoms with van der Waals surface area (Å²) in [6.45, 7) is 2.18. The zero-order valence-electron chi connectivity index (χ0n) is 12.4. The van der Waals surface area contributed by atoms with Crippen molar-refractivity contribution in [2.75, 3.05) is 7.05 Å². The van der Waals surface area contributed by atoms with Gasteiger partial charge in [0.05, 0.1) is 10.0 Å². The molecule has 1 unspecified atom stereocenters. The number of rotatable bonds is 5. The van der Waals surface area contributed by atoms with Crippen LogP contribution in [0, 0.1) is 0 Å². The Balaban J connectivity index is 1.97. The van der Waals surface area contributed by atoms with Gasteiger partial charge in [0.15, 0.2) is 6.10 Å². The van der Waals surface area contributed by atoms with Gasteiger partial charge in [0, 0.05) is 13.6 Å². The van der Waals surface area contributed by atoms with Crippen LogP contribution >= 0.6 is 23.2 Å². The number of ether oxygens (including phenoxy) is 1. The Labute approximate surface area is 140 Å². The van der Waals surface area contributed by atoms with Crippen molar-refractivity contribution in [3.05, 3.63) is 64.1 Å². The van der Waals surface area contributed by atoms with Crippen molar-refractivity contribution in [3.8, 4) is 5.75 Å². The van der Waals surface area contributed by atoms with E-state index in [1.165, 1.54) is 0 Å². The number of para-hydroxylation sites is 1. The molecule has 0 N–H and O–H groups in total. The summed E-state index contributed by atoms with van der Waals surface area (Å²) >= 11 is 11.9. The highest BCUT2D eigenvalue weighted by atomic mass is 35.5. The molecule has 1 amide bonds. The van der Waals surface area contributed by atoms with Crippen LogP contribution in [0.2, 0.25) is 10.0 Å². The molecule has 0 aliphatic heterocycles. The zero-order chi connectivity index (χ0) is 16.1. The summed E-state index contributed by atoms with van der Waals surface area (Å²) in [4.78, 5) is 13.9. The lowest BCUT2D eigenvalue weighted by Gasteiger charge is -2.22. The van der Waals surface area contributed by atoms with Crippen molar-refractivity contribution in [1.29, 1.82) is 0 Å². The minimum absolute atomic E-state index is 0.102. The Kier molecular flexibility index (Phi) is 5.69. The highest BCUT2D eigenvalue weighted by Gasteiger charge is 2.19. The third kappa shape index (κ3) is 4.39. The summed E-state index contributed by atoms with van der Waals surface area (Å²) in [6.07, 6.45) is -0.560. The second-order valence-corrected chi connectivity index (χ2v) is 5.83. The van der Waals surface area contributed by atoms with Gasteiger partial charge in [-0.05, 0) is 36.8 Å². The number of benzene rings is 2. The molecule has 0 heterocycles. The maximum atomic E-state index is 12.3. The lowest BCUT2D eigenvalue weighted by atomic mass is 10.2. The molecule has 1 atom stereocenters. The van der Waals surface area contributed by atoms with Crippen molar-refractivity contribution >= 4 is 29.1 Å². The highest BCUT2D eigenvalue weighted by molar-refractivity contribution is 6.42. The first-order valence-electron chi connectivity index (χ1n) is 6.88. The van der Waals surface area contributed by atoms with Crippen LogP contribution in [0.1, 0.15) is 12.5 Å². The summed E-state index contributed by atoms with van der Waals surface area (Å²) in [5.74, 6) is 0.571. The number of amides is 1. The van der Waals surface area contributed by atoms with Crippen LogP contribution in [-0.4, -0.2) is 24.0 Å². The van der Waals surface area contributed by atoms with E-state index in [1.54, 1.807) is 31.0 Å². The predicted octanol–water partition coefficient (Wildman–Crippen LogP) is 4.42. The standard InChI is InChI=1S/C17H17Cl2NO2/c1-12(22-14-6-4-3-5-7-14)17(21)20(2)11-13-8-9-15(18)16(19)10-13/h3-10,12H,11H2,1-2H3. The molecule has 0 saturated carbocycles. The van der Waals surface area contributed by atoms with Gasteiger partial charge in [-0.25, -0.2) is 0 Å². The first-order chi connectivity index (χ1) is 10.5. The minimum Gasteiger partial charge on any atom is -0.481 e. The molecule has 3 nitrogen and oxygen atoms in total. The summed E-state index contributed by atoms with van der Waals surface area (Å²) in [5, 5.41) is 0.980. The number of nitrogens with zero attached hydrogens (tertiary/aromatic N) is 1. The molecule has 0 saturated heterocycles. The van der Waals surface area contributed by atoms with Crippen LogP contribution in [0.4, 0.5) is 0 Å². The molecule has 5 heteroatoms. The maximum Gasteiger partial charge on any atom is 0.263 e. The van der Waals surface area contributed by atoms with Crippen LogP contribution in [0.5, 0.6) is 5.75 Å². The van der Waals surface area contributed by atoms with Crippen LogP contribution in [0.15, 0.2) is 48.5 Å². The SMILES string of the molecule is CC(Oc1ccccc1)C(=O)N(C)Cc1ccc(Cl)c(Cl)c1. The van der Waals surface area contributed by atoms with E-state index >= 15 is 0 Å². The Bertz CT molecular complexity index is 646. The van der Waals surface area contributed by atoms with Gasteiger partial charge >= 0.3 is 0 Å². The maximum absolute atomic E-state index is 12.3. The molecule has 2 aromatic carbocycles. The lowest BCUT2D eigenvalue weighted by molar-refractivity contribution is -0.137. The average molecular weight is 338 g/mol. The molecule has 0 fully saturated rings. The Hall–Kier alpha value is -1.71. The van der Waals surface area contributed by atoms with Gasteiger partial charge < -0.3 is 9.64 Å². The predicted molar refractivity (Wildman–Crippen MR) is 89.5 cm³/mol. The topological polar surface area (TPSA) is 29.5 Å². The molecule has 0 bridgehead atoms. The Morgan fingerprint density at radius 2 is 1.82 bits per heavy atom. The molecule has 0 aromatic heterocycles. The second kappa shape index (κ2) is 7.52. The zero-order valence-corrected chi connectivity index (χ0v) is 13.9. The van der Waals surface area contributed by atoms with E-state index in [2.05, 4.69) is 0 Å². The van der Waals surface area contributed by atoms with Gasteiger partial charge in [-0.2, -0.15) is 0 Å². The van der Waals surface area contributed by atoms with Gasteiger partial charge in [0.25, 0.3) is 5.91 Å². The Morgan fingerprint density at radius 3 is 2.45 bits per heavy atom. The van der Waals surface area contributed by atoms with Gasteiger partial charge in [0.1, 0.15) is 5.75 Å². The van der Waals surface area contributed by atoms with Crippen LogP contribution < -0.4 is 4.74 Å². The van der Waals surface area contributed by atoms with Gasteiger partial charge in [0.2, 0.25) is 0 Å². The smallest absolute Gasteiger partial charge is 0.263 e. The van der Waals surface area contributed by atoms with Crippen molar-refractivity contribution in [2.24, 2.45) is 0 Å². The molecule has 0 spiro atoms. The summed E-state index contributed by atoms with van der Waals surface area (Å²) < 4.78 is 5.64. The monoisotopic (exact) mass is 337 g/mol. The van der Waals surface area contributed by atoms with Gasteiger partial charge in [-0.15, -0.1) is 0 Å². The fraction of sp³-hybridized carbons (Fsp3) is 0.235. The molecule has 0 radical (unpaired) electrons. The van der Waals surface area contributed by atoms with Crippen molar-refractivity contribution in [3.63, 3.8) is 0 Å². The third-order valence-electron chi connectivity index (χ3n) is 3.18. The average Bonchev–Trinajstić information content (AvgIpc) is 2.51. The molecule has 116 valence electrons. The molecule has 2 rings (SSSR count). The number of carbonyl (C=O) groups excluding carboxylic acids is 1. The number of halogens is 2. The van der Waals surface area contributed by atoms with Crippen molar-refractivity contribution in [1.82, 2.24) is 4.90 Å². The van der Waals surface area contributed by atoms with E-state index < -0.39 is 6.10 Å². The van der Waals surface area contributed by atoms with Crippen LogP contribution in [0.3, 0.4) is 0 Å². The Morgan fingerprint density at radius 1 is 1.14 bits per heavy atom. The fourth-order valence-corrected chi connectivity index (χ4v) is 2.37. The van der Waals surface area contributed by atoms with Gasteiger partial charge in [-0.1, -0.05) is 47.5 Å². The minimum atomic E-state index is -0.560. The van der Waals surface area contributed by atoms with Crippen LogP contribution in [0.25, 0.3) is 0 Å². The van der Waals surface area contributed by atoms with Crippen molar-refractivity contribution < 1.29 is 9.53 Å². The van der Waals surface area contributed by atoms with Crippen molar-refractivity contribution in [2.45, 2.75) is 19.6 Å². The molecule has 0 aliphatic rings. The number of likely N-dealkylation sites (N-methyl/N-ethyl adjacent to an activating group) is 1. The number of carbonyl (C=O) groups is 1. The quantitative estimate of drug-likeness (QED) is 0.808. The first-order valence-corrected chi connectivity index (χ1v) is 7.63. The van der Waals surface area contributed by atoms with E-state index in [9.17, 15) is 4.79 Å². The second-order valence-electron chi connectivity index (χ2n) is 5.02. The lowest BCUT2D eigenvalue weighted by Crippen LogP contribution is -2.37. The molecule has 0 aliphatic carbocycles. The van der Waals surface area contributed by atoms with E-state index in [0.717, 1.165) is 5.56 Å². The fourth-order valence-electron chi connectivity index (χ4n) is 2.05. The van der Waals surface area contributed by atoms with Gasteiger partial charge in [-0.3, -0.25) is 4.79 Å². The summed E-state index contributed by atoms with van der Waals surface area (Å²) in [6, 6.07) is 14.6. The number of hydrogen-bond donors (Lipinski definition) is 0. The highest BCUT2D eigenvalue weighted by Crippen LogP contribution is 2.23. The van der Waals surface area contributed by atoms with Crippen LogP contribution in [-0.2, 0) is 11.3 Å². The van der Waals surface area contributed by atoms with E-state index in [4.69, 9.17) is 27.9 Å². The van der Waals surface area contributed by atoms with E-state index in [0.29, 0.717) is 22.3 Å². The molecular formula is C17H17Cl2NO2. The third-order valence-corrected chi connectivity index (χ3v) is 3.92. The molecule has 2 aromatic rings. The van der Waals surface area contributed by atoms with E-state index in [-0.39, 0.29) is 5.91 Å². The largest absolute Gasteiger partial charge is 0.481 e. The summed E-state index contributed by atoms with van der Waals surface area (Å²) in [7, 11) is 1.73. The molecule has 22 heavy (non-hydrogen) atoms. The summed E-state index contributed by atoms with van der Waals surface area (Å²) in [5.41, 5.74) is 0.914. The molecular weight excluding hydrogens is 321 g/mol.